The van der Waals surface area contributed by atoms with Crippen molar-refractivity contribution in [1.82, 2.24) is 19.7 Å². The average molecular weight is 505 g/mol. The summed E-state index contributed by atoms with van der Waals surface area (Å²) in [4.78, 5) is 21.7. The molecule has 0 radical (unpaired) electrons. The second kappa shape index (κ2) is 10.3. The summed E-state index contributed by atoms with van der Waals surface area (Å²) in [5.41, 5.74) is 1.45. The minimum atomic E-state index is -0.443. The standard InChI is InChI=1S/C25H18ClFN6O3/c26-17-3-1-16(2-4-17)15-33-24(34)21(31-22-11-12-35-32-22)14-29-25(33)30-19-6-8-20(9-7-19)36-23-10-5-18(27)13-28-23/h1-14H,15H2,(H,29,30)(H,31,32). The molecule has 0 unspecified atom stereocenters. The van der Waals surface area contributed by atoms with Gasteiger partial charge < -0.3 is 19.9 Å². The van der Waals surface area contributed by atoms with Crippen LogP contribution in [0.15, 0.2) is 94.7 Å². The van der Waals surface area contributed by atoms with E-state index in [1.165, 1.54) is 29.2 Å². The molecule has 0 saturated heterocycles. The van der Waals surface area contributed by atoms with Crippen molar-refractivity contribution < 1.29 is 13.7 Å². The number of hydrogen-bond acceptors (Lipinski definition) is 8. The number of aromatic nitrogens is 4. The summed E-state index contributed by atoms with van der Waals surface area (Å²) >= 11 is 6.01. The van der Waals surface area contributed by atoms with Gasteiger partial charge in [0.15, 0.2) is 5.82 Å². The Morgan fingerprint density at radius 3 is 2.44 bits per heavy atom. The molecule has 0 saturated carbocycles. The van der Waals surface area contributed by atoms with Crippen LogP contribution in [0.4, 0.5) is 27.5 Å². The topological polar surface area (TPSA) is 107 Å². The number of nitrogens with one attached hydrogen (secondary N) is 2. The highest BCUT2D eigenvalue weighted by molar-refractivity contribution is 6.30. The third-order valence-corrected chi connectivity index (χ3v) is 5.29. The van der Waals surface area contributed by atoms with E-state index in [1.807, 2.05) is 12.1 Å². The number of halogens is 2. The van der Waals surface area contributed by atoms with E-state index in [1.54, 1.807) is 42.5 Å². The van der Waals surface area contributed by atoms with Crippen molar-refractivity contribution in [2.24, 2.45) is 0 Å². The molecule has 3 heterocycles. The molecule has 11 heteroatoms. The minimum absolute atomic E-state index is 0.235. The van der Waals surface area contributed by atoms with Crippen LogP contribution in [-0.2, 0) is 6.54 Å². The Hall–Kier alpha value is -4.70. The molecule has 5 rings (SSSR count). The SMILES string of the molecule is O=c1c(Nc2ccon2)cnc(Nc2ccc(Oc3ccc(F)cn3)cc2)n1Cc1ccc(Cl)cc1. The Balaban J connectivity index is 1.41. The van der Waals surface area contributed by atoms with Crippen LogP contribution < -0.4 is 20.9 Å². The first-order valence-electron chi connectivity index (χ1n) is 10.7. The highest BCUT2D eigenvalue weighted by atomic mass is 35.5. The molecule has 0 aliphatic rings. The van der Waals surface area contributed by atoms with Crippen LogP contribution in [0.1, 0.15) is 5.56 Å². The van der Waals surface area contributed by atoms with Crippen LogP contribution in [0.25, 0.3) is 0 Å². The fraction of sp³-hybridized carbons (Fsp3) is 0.0400. The van der Waals surface area contributed by atoms with Gasteiger partial charge >= 0.3 is 0 Å². The van der Waals surface area contributed by atoms with Crippen LogP contribution >= 0.6 is 11.6 Å². The number of pyridine rings is 1. The number of rotatable bonds is 8. The van der Waals surface area contributed by atoms with Gasteiger partial charge in [0.1, 0.15) is 23.5 Å². The summed E-state index contributed by atoms with van der Waals surface area (Å²) in [5, 5.41) is 10.5. The maximum atomic E-state index is 13.3. The number of anilines is 4. The van der Waals surface area contributed by atoms with Gasteiger partial charge in [-0.15, -0.1) is 0 Å². The van der Waals surface area contributed by atoms with E-state index in [4.69, 9.17) is 20.9 Å². The second-order valence-electron chi connectivity index (χ2n) is 7.59. The lowest BCUT2D eigenvalue weighted by Gasteiger charge is -2.15. The zero-order valence-electron chi connectivity index (χ0n) is 18.6. The van der Waals surface area contributed by atoms with E-state index >= 15 is 0 Å². The lowest BCUT2D eigenvalue weighted by molar-refractivity contribution is 0.423. The summed E-state index contributed by atoms with van der Waals surface area (Å²) in [6.07, 6.45) is 3.91. The number of hydrogen-bond donors (Lipinski definition) is 2. The summed E-state index contributed by atoms with van der Waals surface area (Å²) in [7, 11) is 0. The third-order valence-electron chi connectivity index (χ3n) is 5.03. The highest BCUT2D eigenvalue weighted by Crippen LogP contribution is 2.24. The van der Waals surface area contributed by atoms with Crippen LogP contribution in [0.2, 0.25) is 5.02 Å². The van der Waals surface area contributed by atoms with E-state index < -0.39 is 5.82 Å². The van der Waals surface area contributed by atoms with Crippen molar-refractivity contribution >= 4 is 34.7 Å². The Morgan fingerprint density at radius 1 is 0.944 bits per heavy atom. The summed E-state index contributed by atoms with van der Waals surface area (Å²) in [6, 6.07) is 18.5. The predicted molar refractivity (Wildman–Crippen MR) is 133 cm³/mol. The molecule has 0 atom stereocenters. The smallest absolute Gasteiger partial charge is 0.278 e. The monoisotopic (exact) mass is 504 g/mol. The van der Waals surface area contributed by atoms with Crippen LogP contribution in [0.3, 0.4) is 0 Å². The van der Waals surface area contributed by atoms with Gasteiger partial charge in [-0.3, -0.25) is 9.36 Å². The molecule has 0 amide bonds. The van der Waals surface area contributed by atoms with E-state index in [0.29, 0.717) is 28.2 Å². The molecule has 5 aromatic rings. The third kappa shape index (κ3) is 5.50. The summed E-state index contributed by atoms with van der Waals surface area (Å²) in [5.74, 6) is 1.05. The molecule has 0 bridgehead atoms. The molecule has 0 aliphatic carbocycles. The molecule has 2 aromatic carbocycles. The number of nitrogens with zero attached hydrogens (tertiary/aromatic N) is 4. The molecule has 0 fully saturated rings. The lowest BCUT2D eigenvalue weighted by atomic mass is 10.2. The quantitative estimate of drug-likeness (QED) is 0.275. The van der Waals surface area contributed by atoms with Gasteiger partial charge in [0.05, 0.1) is 18.9 Å². The van der Waals surface area contributed by atoms with Crippen LogP contribution in [-0.4, -0.2) is 19.7 Å². The van der Waals surface area contributed by atoms with E-state index in [-0.39, 0.29) is 23.7 Å². The zero-order chi connectivity index (χ0) is 24.9. The molecule has 3 aromatic heterocycles. The van der Waals surface area contributed by atoms with Crippen molar-refractivity contribution in [3.63, 3.8) is 0 Å². The van der Waals surface area contributed by atoms with Gasteiger partial charge in [0.2, 0.25) is 11.8 Å². The first kappa shape index (κ1) is 23.1. The molecular formula is C25H18ClFN6O3. The lowest BCUT2D eigenvalue weighted by Crippen LogP contribution is -2.26. The van der Waals surface area contributed by atoms with Crippen molar-refractivity contribution in [3.05, 3.63) is 112 Å². The fourth-order valence-electron chi connectivity index (χ4n) is 3.29. The Labute approximate surface area is 209 Å². The van der Waals surface area contributed by atoms with E-state index in [2.05, 4.69) is 25.8 Å². The van der Waals surface area contributed by atoms with Crippen molar-refractivity contribution in [3.8, 4) is 11.6 Å². The first-order chi connectivity index (χ1) is 17.5. The van der Waals surface area contributed by atoms with Crippen LogP contribution in [0, 0.1) is 5.82 Å². The van der Waals surface area contributed by atoms with Crippen molar-refractivity contribution in [2.45, 2.75) is 6.54 Å². The molecule has 2 N–H and O–H groups in total. The van der Waals surface area contributed by atoms with Crippen LogP contribution in [0.5, 0.6) is 11.6 Å². The molecular weight excluding hydrogens is 487 g/mol. The molecule has 0 aliphatic heterocycles. The normalized spacial score (nSPS) is 10.7. The molecule has 36 heavy (non-hydrogen) atoms. The largest absolute Gasteiger partial charge is 0.439 e. The Kier molecular flexibility index (Phi) is 6.59. The molecule has 0 spiro atoms. The molecule has 180 valence electrons. The van der Waals surface area contributed by atoms with Gasteiger partial charge in [-0.2, -0.15) is 0 Å². The van der Waals surface area contributed by atoms with Gasteiger partial charge in [0, 0.05) is 22.8 Å². The Morgan fingerprint density at radius 2 is 1.75 bits per heavy atom. The second-order valence-corrected chi connectivity index (χ2v) is 8.03. The zero-order valence-corrected chi connectivity index (χ0v) is 19.3. The van der Waals surface area contributed by atoms with Gasteiger partial charge in [-0.25, -0.2) is 14.4 Å². The van der Waals surface area contributed by atoms with Gasteiger partial charge in [-0.05, 0) is 48.0 Å². The van der Waals surface area contributed by atoms with E-state index in [0.717, 1.165) is 11.8 Å². The number of benzene rings is 2. The van der Waals surface area contributed by atoms with E-state index in [9.17, 15) is 9.18 Å². The summed E-state index contributed by atoms with van der Waals surface area (Å²) in [6.45, 7) is 0.247. The summed E-state index contributed by atoms with van der Waals surface area (Å²) < 4.78 is 25.0. The van der Waals surface area contributed by atoms with Crippen molar-refractivity contribution in [1.29, 1.82) is 0 Å². The predicted octanol–water partition coefficient (Wildman–Crippen LogP) is 5.75. The maximum absolute atomic E-state index is 13.3. The van der Waals surface area contributed by atoms with Gasteiger partial charge in [0.25, 0.3) is 5.56 Å². The van der Waals surface area contributed by atoms with Gasteiger partial charge in [-0.1, -0.05) is 28.9 Å². The average Bonchev–Trinajstić information content (AvgIpc) is 3.40. The molecule has 9 nitrogen and oxygen atoms in total. The first-order valence-corrected chi connectivity index (χ1v) is 11.1. The fourth-order valence-corrected chi connectivity index (χ4v) is 3.42. The minimum Gasteiger partial charge on any atom is -0.439 e. The highest BCUT2D eigenvalue weighted by Gasteiger charge is 2.13. The van der Waals surface area contributed by atoms with Crippen molar-refractivity contribution in [2.75, 3.05) is 10.6 Å². The maximum Gasteiger partial charge on any atom is 0.278 e. The number of ether oxygens (including phenoxy) is 1. The Bertz CT molecular complexity index is 1510.